The van der Waals surface area contributed by atoms with Crippen LogP contribution in [0, 0.1) is 0 Å². The van der Waals surface area contributed by atoms with Gasteiger partial charge in [0.1, 0.15) is 16.9 Å². The molecule has 0 aliphatic heterocycles. The first-order valence-corrected chi connectivity index (χ1v) is 9.63. The summed E-state index contributed by atoms with van der Waals surface area (Å²) in [5, 5.41) is 19.1. The largest absolute Gasteiger partial charge is 0.490 e. The summed E-state index contributed by atoms with van der Waals surface area (Å²) in [6.45, 7) is 4.50. The molecule has 0 aliphatic carbocycles. The number of carboxylic acid groups (broad SMARTS) is 2. The lowest BCUT2D eigenvalue weighted by atomic mass is 9.95. The minimum Gasteiger partial charge on any atom is -0.490 e. The van der Waals surface area contributed by atoms with E-state index >= 15 is 0 Å². The fraction of sp³-hybridized carbons (Fsp3) is 0.316. The third kappa shape index (κ3) is 4.70. The number of carbonyl (C=O) groups is 2. The van der Waals surface area contributed by atoms with Crippen molar-refractivity contribution < 1.29 is 29.3 Å². The van der Waals surface area contributed by atoms with Crippen LogP contribution in [0.15, 0.2) is 21.4 Å². The Bertz CT molecular complexity index is 1000. The second-order valence-corrected chi connectivity index (χ2v) is 6.88. The molecule has 0 aliphatic rings. The van der Waals surface area contributed by atoms with Gasteiger partial charge in [-0.1, -0.05) is 13.3 Å². The molecule has 9 nitrogen and oxygen atoms in total. The van der Waals surface area contributed by atoms with Crippen molar-refractivity contribution >= 4 is 33.7 Å². The zero-order valence-electron chi connectivity index (χ0n) is 15.9. The van der Waals surface area contributed by atoms with E-state index < -0.39 is 34.4 Å². The average molecular weight is 469 g/mol. The van der Waals surface area contributed by atoms with E-state index in [0.717, 1.165) is 12.8 Å². The fourth-order valence-corrected chi connectivity index (χ4v) is 3.33. The molecule has 0 spiro atoms. The second kappa shape index (κ2) is 9.46. The lowest BCUT2D eigenvalue weighted by Gasteiger charge is -2.17. The smallest absolute Gasteiger partial charge is 0.342 e. The van der Waals surface area contributed by atoms with Crippen molar-refractivity contribution in [3.8, 4) is 22.6 Å². The lowest BCUT2D eigenvalue weighted by Crippen LogP contribution is -2.24. The number of nitrogens with two attached hydrogens (primary N) is 1. The Morgan fingerprint density at radius 1 is 1.14 bits per heavy atom. The summed E-state index contributed by atoms with van der Waals surface area (Å²) in [4.78, 5) is 37.8. The molecule has 5 N–H and O–H groups in total. The molecule has 0 radical (unpaired) electrons. The highest BCUT2D eigenvalue weighted by atomic mass is 79.9. The number of aromatic nitrogens is 1. The molecule has 1 heterocycles. The summed E-state index contributed by atoms with van der Waals surface area (Å²) in [5.74, 6) is -2.83. The van der Waals surface area contributed by atoms with Gasteiger partial charge in [-0.25, -0.2) is 9.59 Å². The van der Waals surface area contributed by atoms with E-state index in [1.165, 1.54) is 12.1 Å². The number of aromatic amines is 1. The van der Waals surface area contributed by atoms with Gasteiger partial charge < -0.3 is 30.4 Å². The Morgan fingerprint density at radius 3 is 2.34 bits per heavy atom. The van der Waals surface area contributed by atoms with Crippen LogP contribution in [0.25, 0.3) is 11.1 Å². The van der Waals surface area contributed by atoms with E-state index in [-0.39, 0.29) is 23.5 Å². The number of rotatable bonds is 9. The van der Waals surface area contributed by atoms with E-state index in [2.05, 4.69) is 20.9 Å². The first kappa shape index (κ1) is 22.3. The maximum absolute atomic E-state index is 12.2. The number of nitrogens with one attached hydrogen (secondary N) is 1. The zero-order chi connectivity index (χ0) is 21.7. The predicted octanol–water partition coefficient (Wildman–Crippen LogP) is 3.36. The summed E-state index contributed by atoms with van der Waals surface area (Å²) in [6.07, 6.45) is 1.74. The first-order valence-electron chi connectivity index (χ1n) is 8.84. The topological polar surface area (TPSA) is 152 Å². The molecule has 0 bridgehead atoms. The molecule has 0 unspecified atom stereocenters. The first-order chi connectivity index (χ1) is 13.7. The zero-order valence-corrected chi connectivity index (χ0v) is 17.5. The van der Waals surface area contributed by atoms with Crippen LogP contribution in [0.4, 0.5) is 5.82 Å². The second-order valence-electron chi connectivity index (χ2n) is 6.02. The van der Waals surface area contributed by atoms with E-state index in [9.17, 15) is 24.6 Å². The number of ether oxygens (including phenoxy) is 2. The molecule has 0 saturated heterocycles. The van der Waals surface area contributed by atoms with E-state index in [4.69, 9.17) is 15.2 Å². The quantitative estimate of drug-likeness (QED) is 0.408. The van der Waals surface area contributed by atoms with Crippen molar-refractivity contribution in [1.29, 1.82) is 0 Å². The Balaban J connectivity index is 2.82. The third-order valence-electron chi connectivity index (χ3n) is 4.01. The van der Waals surface area contributed by atoms with Gasteiger partial charge in [0.25, 0.3) is 5.56 Å². The van der Waals surface area contributed by atoms with Gasteiger partial charge in [-0.3, -0.25) is 4.79 Å². The maximum Gasteiger partial charge on any atom is 0.342 e. The minimum atomic E-state index is -1.58. The summed E-state index contributed by atoms with van der Waals surface area (Å²) < 4.78 is 11.8. The highest BCUT2D eigenvalue weighted by Crippen LogP contribution is 2.41. The fourth-order valence-electron chi connectivity index (χ4n) is 2.77. The van der Waals surface area contributed by atoms with E-state index in [1.54, 1.807) is 6.92 Å². The highest BCUT2D eigenvalue weighted by molar-refractivity contribution is 9.10. The van der Waals surface area contributed by atoms with Crippen LogP contribution in [0.3, 0.4) is 0 Å². The van der Waals surface area contributed by atoms with Gasteiger partial charge in [-0.15, -0.1) is 0 Å². The van der Waals surface area contributed by atoms with Gasteiger partial charge in [0.05, 0.1) is 17.7 Å². The number of H-pyrrole nitrogens is 1. The van der Waals surface area contributed by atoms with Crippen LogP contribution in [0.5, 0.6) is 11.5 Å². The highest BCUT2D eigenvalue weighted by Gasteiger charge is 2.28. The lowest BCUT2D eigenvalue weighted by molar-refractivity contribution is 0.0695. The molecule has 29 heavy (non-hydrogen) atoms. The van der Waals surface area contributed by atoms with Gasteiger partial charge in [0.15, 0.2) is 11.5 Å². The van der Waals surface area contributed by atoms with Gasteiger partial charge in [-0.2, -0.15) is 0 Å². The summed E-state index contributed by atoms with van der Waals surface area (Å²) in [7, 11) is 0. The molecule has 1 aromatic carbocycles. The van der Waals surface area contributed by atoms with Crippen LogP contribution >= 0.6 is 15.9 Å². The van der Waals surface area contributed by atoms with E-state index in [1.807, 2.05) is 6.92 Å². The monoisotopic (exact) mass is 468 g/mol. The van der Waals surface area contributed by atoms with Crippen molar-refractivity contribution in [2.75, 3.05) is 18.9 Å². The third-order valence-corrected chi connectivity index (χ3v) is 4.60. The molecule has 0 fully saturated rings. The molecule has 10 heteroatoms. The molecule has 2 rings (SSSR count). The number of hydrogen-bond donors (Lipinski definition) is 4. The van der Waals surface area contributed by atoms with Gasteiger partial charge >= 0.3 is 11.9 Å². The molecule has 156 valence electrons. The Kier molecular flexibility index (Phi) is 7.27. The van der Waals surface area contributed by atoms with Crippen LogP contribution in [-0.2, 0) is 0 Å². The van der Waals surface area contributed by atoms with Gasteiger partial charge in [0, 0.05) is 5.56 Å². The van der Waals surface area contributed by atoms with Crippen LogP contribution in [-0.4, -0.2) is 40.3 Å². The molecule has 1 aromatic heterocycles. The number of nitrogen functional groups attached to an aromatic ring is 1. The molecule has 0 saturated carbocycles. The van der Waals surface area contributed by atoms with Crippen molar-refractivity contribution in [3.05, 3.63) is 38.1 Å². The number of carboxylic acids is 2. The number of unbranched alkanes of at least 4 members (excludes halogenated alkanes) is 1. The molecule has 2 aromatic rings. The minimum absolute atomic E-state index is 0.135. The number of aromatic carboxylic acids is 2. The van der Waals surface area contributed by atoms with Crippen molar-refractivity contribution in [3.63, 3.8) is 0 Å². The standard InChI is InChI=1S/C19H21BrN2O7/c1-3-5-6-29-15-10(20)7-9(8-11(15)28-4-2)12-13(18(24)25)16(21)22-17(23)14(12)19(26)27/h7-8H,3-6H2,1-2H3,(H,24,25)(H,26,27)(H3,21,22,23). The summed E-state index contributed by atoms with van der Waals surface area (Å²) in [6, 6.07) is 2.90. The predicted molar refractivity (Wildman–Crippen MR) is 110 cm³/mol. The van der Waals surface area contributed by atoms with E-state index in [0.29, 0.717) is 16.8 Å². The maximum atomic E-state index is 12.2. The van der Waals surface area contributed by atoms with Crippen molar-refractivity contribution in [1.82, 2.24) is 4.98 Å². The number of pyridine rings is 1. The number of anilines is 1. The van der Waals surface area contributed by atoms with Gasteiger partial charge in [-0.05, 0) is 47.0 Å². The van der Waals surface area contributed by atoms with Gasteiger partial charge in [0.2, 0.25) is 0 Å². The number of halogens is 1. The molecular weight excluding hydrogens is 448 g/mol. The molecule has 0 amide bonds. The Labute approximate surface area is 174 Å². The number of hydrogen-bond acceptors (Lipinski definition) is 6. The van der Waals surface area contributed by atoms with Crippen LogP contribution in [0.1, 0.15) is 47.4 Å². The number of benzene rings is 1. The van der Waals surface area contributed by atoms with Crippen LogP contribution < -0.4 is 20.8 Å². The normalized spacial score (nSPS) is 10.6. The van der Waals surface area contributed by atoms with Crippen LogP contribution in [0.2, 0.25) is 0 Å². The summed E-state index contributed by atoms with van der Waals surface area (Å²) >= 11 is 3.36. The Morgan fingerprint density at radius 2 is 1.79 bits per heavy atom. The molecular formula is C19H21BrN2O7. The Hall–Kier alpha value is -3.01. The summed E-state index contributed by atoms with van der Waals surface area (Å²) in [5.41, 5.74) is 3.25. The van der Waals surface area contributed by atoms with Crippen molar-refractivity contribution in [2.24, 2.45) is 0 Å². The SMILES string of the molecule is CCCCOc1c(Br)cc(-c2c(C(=O)O)c(N)[nH]c(=O)c2C(=O)O)cc1OCC. The molecule has 0 atom stereocenters. The van der Waals surface area contributed by atoms with Crippen molar-refractivity contribution in [2.45, 2.75) is 26.7 Å². The average Bonchev–Trinajstić information content (AvgIpc) is 2.62.